The van der Waals surface area contributed by atoms with E-state index in [1.54, 1.807) is 12.3 Å². The number of carboxylic acid groups (broad SMARTS) is 1. The smallest absolute Gasteiger partial charge is 0.328 e. The molecule has 2 aromatic rings. The highest BCUT2D eigenvalue weighted by Crippen LogP contribution is 2.20. The minimum Gasteiger partial charge on any atom is -0.478 e. The third kappa shape index (κ3) is 1.75. The lowest BCUT2D eigenvalue weighted by Crippen LogP contribution is -1.90. The summed E-state index contributed by atoms with van der Waals surface area (Å²) in [4.78, 5) is 10.5. The molecule has 0 saturated carbocycles. The standard InChI is InChI=1S/C13H11NO2/c1-2-14-11(7-8-13(15)16)9-10-5-3-4-6-12(10)14/h2-9H,1H2,(H,15,16). The summed E-state index contributed by atoms with van der Waals surface area (Å²) < 4.78 is 1.86. The summed E-state index contributed by atoms with van der Waals surface area (Å²) in [5.74, 6) is -0.958. The topological polar surface area (TPSA) is 42.2 Å². The highest BCUT2D eigenvalue weighted by Gasteiger charge is 2.03. The fourth-order valence-corrected chi connectivity index (χ4v) is 1.69. The van der Waals surface area contributed by atoms with Crippen LogP contribution in [0.5, 0.6) is 0 Å². The molecule has 80 valence electrons. The van der Waals surface area contributed by atoms with E-state index in [1.165, 1.54) is 0 Å². The zero-order valence-electron chi connectivity index (χ0n) is 8.63. The summed E-state index contributed by atoms with van der Waals surface area (Å²) in [5.41, 5.74) is 1.82. The molecule has 0 atom stereocenters. The Morgan fingerprint density at radius 2 is 2.12 bits per heavy atom. The van der Waals surface area contributed by atoms with Gasteiger partial charge in [-0.15, -0.1) is 0 Å². The van der Waals surface area contributed by atoms with E-state index in [4.69, 9.17) is 5.11 Å². The van der Waals surface area contributed by atoms with Gasteiger partial charge in [0.25, 0.3) is 0 Å². The van der Waals surface area contributed by atoms with Gasteiger partial charge in [-0.3, -0.25) is 0 Å². The summed E-state index contributed by atoms with van der Waals surface area (Å²) in [6.45, 7) is 3.72. The lowest BCUT2D eigenvalue weighted by atomic mass is 10.2. The van der Waals surface area contributed by atoms with Gasteiger partial charge in [0, 0.05) is 23.4 Å². The number of hydrogen-bond acceptors (Lipinski definition) is 1. The Bertz CT molecular complexity index is 579. The largest absolute Gasteiger partial charge is 0.478 e. The minimum atomic E-state index is -0.958. The first-order valence-corrected chi connectivity index (χ1v) is 4.86. The van der Waals surface area contributed by atoms with E-state index in [1.807, 2.05) is 34.9 Å². The monoisotopic (exact) mass is 213 g/mol. The highest BCUT2D eigenvalue weighted by molar-refractivity contribution is 5.89. The van der Waals surface area contributed by atoms with Gasteiger partial charge in [-0.1, -0.05) is 24.8 Å². The van der Waals surface area contributed by atoms with Crippen molar-refractivity contribution in [2.24, 2.45) is 0 Å². The Morgan fingerprint density at radius 1 is 1.38 bits per heavy atom. The van der Waals surface area contributed by atoms with Crippen molar-refractivity contribution in [3.05, 3.63) is 48.7 Å². The number of aliphatic carboxylic acids is 1. The average molecular weight is 213 g/mol. The predicted molar refractivity (Wildman–Crippen MR) is 65.0 cm³/mol. The summed E-state index contributed by atoms with van der Waals surface area (Å²) in [6.07, 6.45) is 4.35. The molecule has 1 heterocycles. The quantitative estimate of drug-likeness (QED) is 0.796. The van der Waals surface area contributed by atoms with Crippen LogP contribution in [0.3, 0.4) is 0 Å². The molecule has 0 spiro atoms. The Hall–Kier alpha value is -2.29. The van der Waals surface area contributed by atoms with Gasteiger partial charge >= 0.3 is 5.97 Å². The van der Waals surface area contributed by atoms with Crippen LogP contribution in [0.25, 0.3) is 23.2 Å². The first kappa shape index (κ1) is 10.2. The molecular formula is C13H11NO2. The van der Waals surface area contributed by atoms with E-state index in [-0.39, 0.29) is 0 Å². The number of carbonyl (C=O) groups is 1. The van der Waals surface area contributed by atoms with Gasteiger partial charge < -0.3 is 9.67 Å². The summed E-state index contributed by atoms with van der Waals surface area (Å²) in [5, 5.41) is 9.65. The molecule has 0 aliphatic carbocycles. The number of benzene rings is 1. The SMILES string of the molecule is C=Cn1c(C=CC(=O)O)cc2ccccc21. The van der Waals surface area contributed by atoms with Crippen LogP contribution in [0.1, 0.15) is 5.69 Å². The molecule has 0 amide bonds. The van der Waals surface area contributed by atoms with Crippen LogP contribution in [0, 0.1) is 0 Å². The Kier molecular flexibility index (Phi) is 2.60. The number of rotatable bonds is 3. The second-order valence-corrected chi connectivity index (χ2v) is 3.35. The molecular weight excluding hydrogens is 202 g/mol. The van der Waals surface area contributed by atoms with E-state index in [9.17, 15) is 4.79 Å². The molecule has 1 N–H and O–H groups in total. The van der Waals surface area contributed by atoms with Crippen LogP contribution in [0.4, 0.5) is 0 Å². The maximum Gasteiger partial charge on any atom is 0.328 e. The van der Waals surface area contributed by atoms with Gasteiger partial charge in [-0.25, -0.2) is 4.79 Å². The van der Waals surface area contributed by atoms with Crippen LogP contribution in [0.2, 0.25) is 0 Å². The zero-order valence-corrected chi connectivity index (χ0v) is 8.63. The molecule has 1 aromatic carbocycles. The fraction of sp³-hybridized carbons (Fsp3) is 0. The van der Waals surface area contributed by atoms with E-state index in [0.29, 0.717) is 0 Å². The summed E-state index contributed by atoms with van der Waals surface area (Å²) in [6, 6.07) is 9.76. The Balaban J connectivity index is 2.61. The molecule has 16 heavy (non-hydrogen) atoms. The zero-order chi connectivity index (χ0) is 11.5. The normalized spacial score (nSPS) is 11.0. The van der Waals surface area contributed by atoms with Crippen LogP contribution >= 0.6 is 0 Å². The van der Waals surface area contributed by atoms with Crippen molar-refractivity contribution in [1.82, 2.24) is 4.57 Å². The minimum absolute atomic E-state index is 0.804. The van der Waals surface area contributed by atoms with E-state index in [0.717, 1.165) is 22.7 Å². The Labute approximate surface area is 92.9 Å². The molecule has 0 radical (unpaired) electrons. The number of fused-ring (bicyclic) bond motifs is 1. The van der Waals surface area contributed by atoms with Gasteiger partial charge in [0.05, 0.1) is 5.52 Å². The number of para-hydroxylation sites is 1. The van der Waals surface area contributed by atoms with E-state index in [2.05, 4.69) is 6.58 Å². The average Bonchev–Trinajstić information content (AvgIpc) is 2.63. The van der Waals surface area contributed by atoms with Gasteiger partial charge in [-0.05, 0) is 18.2 Å². The number of nitrogens with zero attached hydrogens (tertiary/aromatic N) is 1. The second-order valence-electron chi connectivity index (χ2n) is 3.35. The number of carboxylic acids is 1. The van der Waals surface area contributed by atoms with Gasteiger partial charge in [0.15, 0.2) is 0 Å². The molecule has 0 aliphatic heterocycles. The van der Waals surface area contributed by atoms with Crippen LogP contribution in [-0.2, 0) is 4.79 Å². The van der Waals surface area contributed by atoms with Crippen molar-refractivity contribution in [3.63, 3.8) is 0 Å². The Morgan fingerprint density at radius 3 is 2.81 bits per heavy atom. The molecule has 0 unspecified atom stereocenters. The third-order valence-corrected chi connectivity index (χ3v) is 2.36. The van der Waals surface area contributed by atoms with Gasteiger partial charge in [0.2, 0.25) is 0 Å². The fourth-order valence-electron chi connectivity index (χ4n) is 1.69. The molecule has 0 saturated heterocycles. The number of hydrogen-bond donors (Lipinski definition) is 1. The maximum atomic E-state index is 10.5. The first-order valence-electron chi connectivity index (χ1n) is 4.86. The lowest BCUT2D eigenvalue weighted by molar-refractivity contribution is -0.131. The van der Waals surface area contributed by atoms with Gasteiger partial charge in [0.1, 0.15) is 0 Å². The van der Waals surface area contributed by atoms with E-state index >= 15 is 0 Å². The lowest BCUT2D eigenvalue weighted by Gasteiger charge is -1.99. The molecule has 0 bridgehead atoms. The van der Waals surface area contributed by atoms with Crippen molar-refractivity contribution in [1.29, 1.82) is 0 Å². The number of aromatic nitrogens is 1. The molecule has 0 aliphatic rings. The van der Waals surface area contributed by atoms with Crippen molar-refractivity contribution >= 4 is 29.1 Å². The third-order valence-electron chi connectivity index (χ3n) is 2.36. The van der Waals surface area contributed by atoms with Crippen molar-refractivity contribution in [2.75, 3.05) is 0 Å². The van der Waals surface area contributed by atoms with Gasteiger partial charge in [-0.2, -0.15) is 0 Å². The highest BCUT2D eigenvalue weighted by atomic mass is 16.4. The van der Waals surface area contributed by atoms with Crippen LogP contribution in [-0.4, -0.2) is 15.6 Å². The first-order chi connectivity index (χ1) is 7.72. The summed E-state index contributed by atoms with van der Waals surface area (Å²) in [7, 11) is 0. The molecule has 2 rings (SSSR count). The van der Waals surface area contributed by atoms with Crippen molar-refractivity contribution < 1.29 is 9.90 Å². The van der Waals surface area contributed by atoms with Crippen LogP contribution < -0.4 is 0 Å². The summed E-state index contributed by atoms with van der Waals surface area (Å²) >= 11 is 0. The van der Waals surface area contributed by atoms with Crippen LogP contribution in [0.15, 0.2) is 43.0 Å². The van der Waals surface area contributed by atoms with Crippen molar-refractivity contribution in [3.8, 4) is 0 Å². The second kappa shape index (κ2) is 4.06. The maximum absolute atomic E-state index is 10.5. The molecule has 1 aromatic heterocycles. The molecule has 0 fully saturated rings. The predicted octanol–water partition coefficient (Wildman–Crippen LogP) is 2.84. The van der Waals surface area contributed by atoms with E-state index < -0.39 is 5.97 Å². The molecule has 3 heteroatoms. The molecule has 3 nitrogen and oxygen atoms in total. The van der Waals surface area contributed by atoms with Crippen molar-refractivity contribution in [2.45, 2.75) is 0 Å².